The van der Waals surface area contributed by atoms with E-state index in [1.807, 2.05) is 24.8 Å². The summed E-state index contributed by atoms with van der Waals surface area (Å²) in [7, 11) is 0. The van der Waals surface area contributed by atoms with E-state index in [0.717, 1.165) is 5.56 Å². The van der Waals surface area contributed by atoms with Crippen LogP contribution in [0.2, 0.25) is 0 Å². The Labute approximate surface area is 89.9 Å². The van der Waals surface area contributed by atoms with Crippen LogP contribution >= 0.6 is 0 Å². The Balaban J connectivity index is 2.70. The fourth-order valence-electron chi connectivity index (χ4n) is 1.38. The predicted molar refractivity (Wildman–Crippen MR) is 57.6 cm³/mol. The minimum atomic E-state index is -0.229. The molecule has 0 aromatic heterocycles. The van der Waals surface area contributed by atoms with Gasteiger partial charge < -0.3 is 0 Å². The maximum Gasteiger partial charge on any atom is 0.123 e. The average molecular weight is 206 g/mol. The molecule has 0 heterocycles. The summed E-state index contributed by atoms with van der Waals surface area (Å²) >= 11 is 0. The van der Waals surface area contributed by atoms with Crippen molar-refractivity contribution in [1.82, 2.24) is 4.90 Å². The van der Waals surface area contributed by atoms with Crippen LogP contribution in [-0.2, 0) is 6.54 Å². The smallest absolute Gasteiger partial charge is 0.123 e. The van der Waals surface area contributed by atoms with Gasteiger partial charge in [0.15, 0.2) is 0 Å². The molecule has 15 heavy (non-hydrogen) atoms. The summed E-state index contributed by atoms with van der Waals surface area (Å²) in [5, 5.41) is 8.65. The lowest BCUT2D eigenvalue weighted by Crippen LogP contribution is -2.30. The van der Waals surface area contributed by atoms with Crippen LogP contribution in [0.5, 0.6) is 0 Å². The van der Waals surface area contributed by atoms with E-state index in [0.29, 0.717) is 13.1 Å². The van der Waals surface area contributed by atoms with Gasteiger partial charge in [0, 0.05) is 12.6 Å². The van der Waals surface area contributed by atoms with Gasteiger partial charge in [-0.15, -0.1) is 0 Å². The fourth-order valence-corrected chi connectivity index (χ4v) is 1.38. The number of nitriles is 1. The predicted octanol–water partition coefficient (Wildman–Crippen LogP) is 2.56. The zero-order valence-electron chi connectivity index (χ0n) is 9.07. The molecule has 0 fully saturated rings. The molecule has 0 amide bonds. The van der Waals surface area contributed by atoms with Gasteiger partial charge in [0.05, 0.1) is 12.6 Å². The lowest BCUT2D eigenvalue weighted by Gasteiger charge is -2.23. The summed E-state index contributed by atoms with van der Waals surface area (Å²) in [5.74, 6) is -0.229. The average Bonchev–Trinajstić information content (AvgIpc) is 2.17. The van der Waals surface area contributed by atoms with Gasteiger partial charge in [0.25, 0.3) is 0 Å². The normalized spacial score (nSPS) is 10.7. The molecule has 1 rings (SSSR count). The molecule has 0 spiro atoms. The second-order valence-corrected chi connectivity index (χ2v) is 3.79. The summed E-state index contributed by atoms with van der Waals surface area (Å²) in [5.41, 5.74) is 0.902. The molecule has 0 radical (unpaired) electrons. The molecule has 0 aliphatic rings. The second kappa shape index (κ2) is 5.47. The highest BCUT2D eigenvalue weighted by Crippen LogP contribution is 2.09. The van der Waals surface area contributed by atoms with Crippen LogP contribution in [0.1, 0.15) is 19.4 Å². The largest absolute Gasteiger partial charge is 0.284 e. The number of benzene rings is 1. The SMILES string of the molecule is CC(C)N(CC#N)Cc1cccc(F)c1. The highest BCUT2D eigenvalue weighted by Gasteiger charge is 2.09. The van der Waals surface area contributed by atoms with Crippen molar-refractivity contribution in [1.29, 1.82) is 5.26 Å². The number of halogens is 1. The number of hydrogen-bond acceptors (Lipinski definition) is 2. The number of rotatable bonds is 4. The second-order valence-electron chi connectivity index (χ2n) is 3.79. The van der Waals surface area contributed by atoms with Crippen molar-refractivity contribution in [3.63, 3.8) is 0 Å². The van der Waals surface area contributed by atoms with E-state index in [2.05, 4.69) is 6.07 Å². The molecule has 80 valence electrons. The lowest BCUT2D eigenvalue weighted by atomic mass is 10.2. The van der Waals surface area contributed by atoms with E-state index < -0.39 is 0 Å². The summed E-state index contributed by atoms with van der Waals surface area (Å²) in [6.45, 7) is 5.03. The van der Waals surface area contributed by atoms with Crippen LogP contribution in [0.15, 0.2) is 24.3 Å². The van der Waals surface area contributed by atoms with Crippen molar-refractivity contribution in [2.45, 2.75) is 26.4 Å². The Morgan fingerprint density at radius 1 is 1.47 bits per heavy atom. The number of hydrogen-bond donors (Lipinski definition) is 0. The molecule has 2 nitrogen and oxygen atoms in total. The van der Waals surface area contributed by atoms with E-state index in [4.69, 9.17) is 5.26 Å². The third-order valence-electron chi connectivity index (χ3n) is 2.28. The van der Waals surface area contributed by atoms with Gasteiger partial charge in [-0.1, -0.05) is 12.1 Å². The fraction of sp³-hybridized carbons (Fsp3) is 0.417. The Bertz CT molecular complexity index is 355. The first-order chi connectivity index (χ1) is 7.13. The quantitative estimate of drug-likeness (QED) is 0.708. The summed E-state index contributed by atoms with van der Waals surface area (Å²) in [4.78, 5) is 1.99. The van der Waals surface area contributed by atoms with Crippen molar-refractivity contribution in [2.24, 2.45) is 0 Å². The Morgan fingerprint density at radius 2 is 2.20 bits per heavy atom. The van der Waals surface area contributed by atoms with Crippen molar-refractivity contribution >= 4 is 0 Å². The molecule has 0 saturated carbocycles. The highest BCUT2D eigenvalue weighted by atomic mass is 19.1. The zero-order chi connectivity index (χ0) is 11.3. The van der Waals surface area contributed by atoms with Crippen LogP contribution in [0.4, 0.5) is 4.39 Å². The minimum absolute atomic E-state index is 0.229. The van der Waals surface area contributed by atoms with Gasteiger partial charge in [-0.3, -0.25) is 4.90 Å². The van der Waals surface area contributed by atoms with E-state index in [-0.39, 0.29) is 11.9 Å². The van der Waals surface area contributed by atoms with Gasteiger partial charge in [-0.25, -0.2) is 4.39 Å². The lowest BCUT2D eigenvalue weighted by molar-refractivity contribution is 0.240. The Morgan fingerprint density at radius 3 is 2.73 bits per heavy atom. The van der Waals surface area contributed by atoms with Gasteiger partial charge in [-0.2, -0.15) is 5.26 Å². The van der Waals surface area contributed by atoms with Gasteiger partial charge >= 0.3 is 0 Å². The topological polar surface area (TPSA) is 27.0 Å². The first-order valence-electron chi connectivity index (χ1n) is 4.99. The first kappa shape index (κ1) is 11.7. The van der Waals surface area contributed by atoms with Gasteiger partial charge in [0.2, 0.25) is 0 Å². The molecule has 0 saturated heterocycles. The van der Waals surface area contributed by atoms with Crippen molar-refractivity contribution in [2.75, 3.05) is 6.54 Å². The molecule has 0 aliphatic carbocycles. The molecule has 0 N–H and O–H groups in total. The minimum Gasteiger partial charge on any atom is -0.284 e. The summed E-state index contributed by atoms with van der Waals surface area (Å²) < 4.78 is 12.9. The molecule has 3 heteroatoms. The summed E-state index contributed by atoms with van der Waals surface area (Å²) in [6.07, 6.45) is 0. The van der Waals surface area contributed by atoms with E-state index in [9.17, 15) is 4.39 Å². The molecule has 0 bridgehead atoms. The van der Waals surface area contributed by atoms with E-state index in [1.165, 1.54) is 12.1 Å². The Hall–Kier alpha value is -1.40. The van der Waals surface area contributed by atoms with Gasteiger partial charge in [-0.05, 0) is 31.5 Å². The third-order valence-corrected chi connectivity index (χ3v) is 2.28. The molecule has 1 aromatic carbocycles. The van der Waals surface area contributed by atoms with Crippen molar-refractivity contribution in [3.05, 3.63) is 35.6 Å². The van der Waals surface area contributed by atoms with Crippen molar-refractivity contribution in [3.8, 4) is 6.07 Å². The maximum absolute atomic E-state index is 12.9. The first-order valence-corrected chi connectivity index (χ1v) is 4.99. The van der Waals surface area contributed by atoms with E-state index >= 15 is 0 Å². The molecule has 0 unspecified atom stereocenters. The molecular formula is C12H15FN2. The monoisotopic (exact) mass is 206 g/mol. The van der Waals surface area contributed by atoms with Crippen LogP contribution in [0, 0.1) is 17.1 Å². The van der Waals surface area contributed by atoms with Crippen LogP contribution in [0.25, 0.3) is 0 Å². The van der Waals surface area contributed by atoms with Crippen LogP contribution < -0.4 is 0 Å². The third kappa shape index (κ3) is 3.69. The molecular weight excluding hydrogens is 191 g/mol. The zero-order valence-corrected chi connectivity index (χ0v) is 9.07. The molecule has 0 aliphatic heterocycles. The van der Waals surface area contributed by atoms with Crippen molar-refractivity contribution < 1.29 is 4.39 Å². The van der Waals surface area contributed by atoms with Crippen LogP contribution in [-0.4, -0.2) is 17.5 Å². The van der Waals surface area contributed by atoms with Crippen LogP contribution in [0.3, 0.4) is 0 Å². The standard InChI is InChI=1S/C12H15FN2/c1-10(2)15(7-6-14)9-11-4-3-5-12(13)8-11/h3-5,8,10H,7,9H2,1-2H3. The van der Waals surface area contributed by atoms with Gasteiger partial charge in [0.1, 0.15) is 5.82 Å². The highest BCUT2D eigenvalue weighted by molar-refractivity contribution is 5.16. The molecule has 0 atom stereocenters. The maximum atomic E-state index is 12.9. The molecule has 1 aromatic rings. The Kier molecular flexibility index (Phi) is 4.26. The number of nitrogens with zero attached hydrogens (tertiary/aromatic N) is 2. The van der Waals surface area contributed by atoms with E-state index in [1.54, 1.807) is 6.07 Å². The summed E-state index contributed by atoms with van der Waals surface area (Å²) in [6, 6.07) is 8.89.